The lowest BCUT2D eigenvalue weighted by Gasteiger charge is -2.23. The fraction of sp³-hybridized carbons (Fsp3) is 0.429. The molecule has 0 saturated heterocycles. The Morgan fingerprint density at radius 3 is 2.78 bits per heavy atom. The molecule has 1 aromatic heterocycles. The summed E-state index contributed by atoms with van der Waals surface area (Å²) in [6.45, 7) is 6.70. The van der Waals surface area contributed by atoms with Gasteiger partial charge in [0.15, 0.2) is 0 Å². The van der Waals surface area contributed by atoms with E-state index in [4.69, 9.17) is 5.84 Å². The Kier molecular flexibility index (Phi) is 4.33. The van der Waals surface area contributed by atoms with Crippen LogP contribution in [0.3, 0.4) is 0 Å². The molecule has 0 saturated carbocycles. The van der Waals surface area contributed by atoms with Crippen molar-refractivity contribution in [1.82, 2.24) is 5.43 Å². The third kappa shape index (κ3) is 3.26. The Labute approximate surface area is 117 Å². The Hall–Kier alpha value is -0.550. The third-order valence-electron chi connectivity index (χ3n) is 2.77. The van der Waals surface area contributed by atoms with Gasteiger partial charge in [-0.2, -0.15) is 11.8 Å². The van der Waals surface area contributed by atoms with Gasteiger partial charge in [0.05, 0.1) is 6.04 Å². The van der Waals surface area contributed by atoms with Crippen molar-refractivity contribution in [3.8, 4) is 0 Å². The number of hydrogen-bond donors (Lipinski definition) is 2. The van der Waals surface area contributed by atoms with Crippen molar-refractivity contribution in [3.05, 3.63) is 35.2 Å². The summed E-state index contributed by atoms with van der Waals surface area (Å²) in [5.41, 5.74) is 4.27. The number of nitrogens with one attached hydrogen (secondary N) is 1. The van der Waals surface area contributed by atoms with Gasteiger partial charge in [-0.1, -0.05) is 39.0 Å². The molecule has 1 heterocycles. The van der Waals surface area contributed by atoms with Gasteiger partial charge in [0.1, 0.15) is 0 Å². The van der Waals surface area contributed by atoms with Gasteiger partial charge in [0, 0.05) is 15.2 Å². The first-order valence-electron chi connectivity index (χ1n) is 6.07. The summed E-state index contributed by atoms with van der Waals surface area (Å²) < 4.78 is 1.60. The highest BCUT2D eigenvalue weighted by molar-refractivity contribution is 8.00. The monoisotopic (exact) mass is 280 g/mol. The second-order valence-electron chi connectivity index (χ2n) is 5.33. The van der Waals surface area contributed by atoms with E-state index in [9.17, 15) is 0 Å². The number of thiophene rings is 1. The molecule has 0 fully saturated rings. The summed E-state index contributed by atoms with van der Waals surface area (Å²) >= 11 is 3.72. The van der Waals surface area contributed by atoms with Crippen LogP contribution in [0.15, 0.2) is 29.6 Å². The molecule has 1 atom stereocenters. The first kappa shape index (κ1) is 13.9. The largest absolute Gasteiger partial charge is 0.271 e. The van der Waals surface area contributed by atoms with Crippen LogP contribution >= 0.6 is 23.1 Å². The minimum atomic E-state index is 0.205. The quantitative estimate of drug-likeness (QED) is 0.658. The molecule has 0 aliphatic carbocycles. The molecular weight excluding hydrogens is 260 g/mol. The highest BCUT2D eigenvalue weighted by atomic mass is 32.2. The smallest absolute Gasteiger partial charge is 0.0564 e. The highest BCUT2D eigenvalue weighted by Crippen LogP contribution is 2.33. The van der Waals surface area contributed by atoms with Gasteiger partial charge in [-0.05, 0) is 22.4 Å². The third-order valence-corrected chi connectivity index (χ3v) is 5.11. The van der Waals surface area contributed by atoms with Crippen molar-refractivity contribution < 1.29 is 0 Å². The van der Waals surface area contributed by atoms with E-state index >= 15 is 0 Å². The van der Waals surface area contributed by atoms with Gasteiger partial charge < -0.3 is 0 Å². The molecular formula is C14H20N2S2. The van der Waals surface area contributed by atoms with Gasteiger partial charge in [-0.15, -0.1) is 11.3 Å². The minimum Gasteiger partial charge on any atom is -0.271 e. The van der Waals surface area contributed by atoms with E-state index in [2.05, 4.69) is 55.8 Å². The SMILES string of the molecule is CC(C)(C)SCC(NN)c1cccc2ccsc12. The Morgan fingerprint density at radius 1 is 1.33 bits per heavy atom. The number of benzene rings is 1. The zero-order valence-electron chi connectivity index (χ0n) is 11.1. The van der Waals surface area contributed by atoms with E-state index in [0.29, 0.717) is 0 Å². The Morgan fingerprint density at radius 2 is 2.11 bits per heavy atom. The zero-order valence-corrected chi connectivity index (χ0v) is 12.7. The second kappa shape index (κ2) is 5.61. The maximum atomic E-state index is 5.74. The predicted molar refractivity (Wildman–Crippen MR) is 84.1 cm³/mol. The fourth-order valence-corrected chi connectivity index (χ4v) is 3.76. The molecule has 2 nitrogen and oxygen atoms in total. The van der Waals surface area contributed by atoms with Crippen LogP contribution in [-0.4, -0.2) is 10.5 Å². The summed E-state index contributed by atoms with van der Waals surface area (Å²) in [7, 11) is 0. The van der Waals surface area contributed by atoms with Crippen LogP contribution in [0.1, 0.15) is 32.4 Å². The minimum absolute atomic E-state index is 0.205. The summed E-state index contributed by atoms with van der Waals surface area (Å²) in [5.74, 6) is 6.72. The molecule has 1 unspecified atom stereocenters. The number of nitrogens with two attached hydrogens (primary N) is 1. The number of fused-ring (bicyclic) bond motifs is 1. The van der Waals surface area contributed by atoms with E-state index in [-0.39, 0.29) is 10.8 Å². The molecule has 0 aliphatic heterocycles. The van der Waals surface area contributed by atoms with E-state index in [1.54, 1.807) is 11.3 Å². The summed E-state index contributed by atoms with van der Waals surface area (Å²) in [6.07, 6.45) is 0. The molecule has 0 radical (unpaired) electrons. The fourth-order valence-electron chi connectivity index (χ4n) is 1.85. The topological polar surface area (TPSA) is 38.0 Å². The molecule has 4 heteroatoms. The average Bonchev–Trinajstić information content (AvgIpc) is 2.77. The summed E-state index contributed by atoms with van der Waals surface area (Å²) in [4.78, 5) is 0. The maximum Gasteiger partial charge on any atom is 0.0564 e. The van der Waals surface area contributed by atoms with E-state index in [1.807, 2.05) is 11.8 Å². The molecule has 18 heavy (non-hydrogen) atoms. The summed E-state index contributed by atoms with van der Waals surface area (Å²) in [6, 6.07) is 8.80. The average molecular weight is 280 g/mol. The van der Waals surface area contributed by atoms with Gasteiger partial charge in [-0.25, -0.2) is 0 Å². The molecule has 0 spiro atoms. The van der Waals surface area contributed by atoms with Crippen LogP contribution in [0, 0.1) is 0 Å². The lowest BCUT2D eigenvalue weighted by atomic mass is 10.1. The molecule has 2 rings (SSSR count). The molecule has 0 bridgehead atoms. The van der Waals surface area contributed by atoms with Crippen molar-refractivity contribution in [2.24, 2.45) is 5.84 Å². The van der Waals surface area contributed by atoms with Gasteiger partial charge in [-0.3, -0.25) is 11.3 Å². The van der Waals surface area contributed by atoms with Crippen molar-refractivity contribution in [2.45, 2.75) is 31.6 Å². The first-order valence-corrected chi connectivity index (χ1v) is 7.94. The summed E-state index contributed by atoms with van der Waals surface area (Å²) in [5, 5.41) is 3.44. The predicted octanol–water partition coefficient (Wildman–Crippen LogP) is 3.94. The van der Waals surface area contributed by atoms with Gasteiger partial charge >= 0.3 is 0 Å². The molecule has 98 valence electrons. The first-order chi connectivity index (χ1) is 8.51. The van der Waals surface area contributed by atoms with E-state index in [1.165, 1.54) is 15.6 Å². The van der Waals surface area contributed by atoms with Crippen molar-refractivity contribution in [2.75, 3.05) is 5.75 Å². The van der Waals surface area contributed by atoms with E-state index in [0.717, 1.165) is 5.75 Å². The molecule has 1 aromatic carbocycles. The number of thioether (sulfide) groups is 1. The van der Waals surface area contributed by atoms with Gasteiger partial charge in [0.2, 0.25) is 0 Å². The Balaban J connectivity index is 2.24. The molecule has 2 aromatic rings. The van der Waals surface area contributed by atoms with E-state index < -0.39 is 0 Å². The van der Waals surface area contributed by atoms with Crippen LogP contribution in [0.25, 0.3) is 10.1 Å². The number of hydrazine groups is 1. The maximum absolute atomic E-state index is 5.74. The lowest BCUT2D eigenvalue weighted by Crippen LogP contribution is -2.30. The van der Waals surface area contributed by atoms with Crippen LogP contribution < -0.4 is 11.3 Å². The number of rotatable bonds is 4. The molecule has 0 amide bonds. The lowest BCUT2D eigenvalue weighted by molar-refractivity contribution is 0.612. The van der Waals surface area contributed by atoms with Crippen LogP contribution in [-0.2, 0) is 0 Å². The van der Waals surface area contributed by atoms with Crippen molar-refractivity contribution in [3.63, 3.8) is 0 Å². The van der Waals surface area contributed by atoms with Crippen LogP contribution in [0.5, 0.6) is 0 Å². The highest BCUT2D eigenvalue weighted by Gasteiger charge is 2.18. The number of hydrogen-bond acceptors (Lipinski definition) is 4. The Bertz CT molecular complexity index is 514. The molecule has 3 N–H and O–H groups in total. The standard InChI is InChI=1S/C14H20N2S2/c1-14(2,3)18-9-12(16-15)11-6-4-5-10-7-8-17-13(10)11/h4-8,12,16H,9,15H2,1-3H3. The van der Waals surface area contributed by atoms with Crippen LogP contribution in [0.2, 0.25) is 0 Å². The normalized spacial score (nSPS) is 14.0. The van der Waals surface area contributed by atoms with Crippen molar-refractivity contribution in [1.29, 1.82) is 0 Å². The zero-order chi connectivity index (χ0) is 13.2. The second-order valence-corrected chi connectivity index (χ2v) is 8.09. The van der Waals surface area contributed by atoms with Crippen molar-refractivity contribution >= 4 is 33.2 Å². The van der Waals surface area contributed by atoms with Crippen LogP contribution in [0.4, 0.5) is 0 Å². The van der Waals surface area contributed by atoms with Gasteiger partial charge in [0.25, 0.3) is 0 Å². The molecule has 0 aliphatic rings.